The number of fused-ring (bicyclic) bond motifs is 1. The first-order chi connectivity index (χ1) is 12.8. The van der Waals surface area contributed by atoms with E-state index in [9.17, 15) is 4.79 Å². The fraction of sp³-hybridized carbons (Fsp3) is 0.105. The van der Waals surface area contributed by atoms with Gasteiger partial charge in [-0.3, -0.25) is 5.10 Å². The largest absolute Gasteiger partial charge is 0.404 e. The molecule has 0 atom stereocenters. The van der Waals surface area contributed by atoms with Crippen LogP contribution >= 0.6 is 0 Å². The Morgan fingerprint density at radius 1 is 1.04 bits per heavy atom. The standard InChI is InChI=1S/C19H16N4O3/c24-18(12-25-11-13-6-2-1-3-7-13)26-17-10-16(22-23-17)19-20-14-8-4-5-9-15(14)21-19/h1-10H,11-12H2,(H,20,21)(H,22,23). The van der Waals surface area contributed by atoms with Crippen LogP contribution in [0.15, 0.2) is 60.7 Å². The third kappa shape index (κ3) is 3.62. The molecule has 2 aromatic carbocycles. The molecule has 130 valence electrons. The van der Waals surface area contributed by atoms with Crippen LogP contribution in [-0.4, -0.2) is 32.7 Å². The molecule has 0 aliphatic rings. The molecule has 2 N–H and O–H groups in total. The van der Waals surface area contributed by atoms with Crippen molar-refractivity contribution in [1.82, 2.24) is 20.2 Å². The monoisotopic (exact) mass is 348 g/mol. The molecule has 0 bridgehead atoms. The molecular weight excluding hydrogens is 332 g/mol. The van der Waals surface area contributed by atoms with Crippen molar-refractivity contribution < 1.29 is 14.3 Å². The van der Waals surface area contributed by atoms with E-state index in [1.807, 2.05) is 54.6 Å². The molecule has 0 fully saturated rings. The lowest BCUT2D eigenvalue weighted by Crippen LogP contribution is -2.15. The molecule has 0 spiro atoms. The minimum Gasteiger partial charge on any atom is -0.404 e. The second-order valence-electron chi connectivity index (χ2n) is 5.67. The summed E-state index contributed by atoms with van der Waals surface area (Å²) in [6.07, 6.45) is 0. The van der Waals surface area contributed by atoms with Crippen LogP contribution in [0.3, 0.4) is 0 Å². The third-order valence-electron chi connectivity index (χ3n) is 3.75. The summed E-state index contributed by atoms with van der Waals surface area (Å²) in [5.41, 5.74) is 3.40. The Morgan fingerprint density at radius 3 is 2.69 bits per heavy atom. The van der Waals surface area contributed by atoms with E-state index in [1.165, 1.54) is 0 Å². The molecule has 2 aromatic heterocycles. The molecule has 0 radical (unpaired) electrons. The maximum atomic E-state index is 11.9. The fourth-order valence-corrected chi connectivity index (χ4v) is 2.53. The smallest absolute Gasteiger partial charge is 0.338 e. The van der Waals surface area contributed by atoms with Crippen LogP contribution in [-0.2, 0) is 16.1 Å². The van der Waals surface area contributed by atoms with E-state index in [-0.39, 0.29) is 12.5 Å². The summed E-state index contributed by atoms with van der Waals surface area (Å²) < 4.78 is 10.5. The Hall–Kier alpha value is -3.45. The van der Waals surface area contributed by atoms with E-state index >= 15 is 0 Å². The van der Waals surface area contributed by atoms with Gasteiger partial charge in [0.2, 0.25) is 5.88 Å². The number of ether oxygens (including phenoxy) is 2. The average molecular weight is 348 g/mol. The zero-order valence-electron chi connectivity index (χ0n) is 13.8. The van der Waals surface area contributed by atoms with Crippen LogP contribution in [0.5, 0.6) is 5.88 Å². The zero-order valence-corrected chi connectivity index (χ0v) is 13.8. The maximum Gasteiger partial charge on any atom is 0.338 e. The van der Waals surface area contributed by atoms with Gasteiger partial charge in [0.1, 0.15) is 12.3 Å². The summed E-state index contributed by atoms with van der Waals surface area (Å²) in [5.74, 6) is 0.290. The number of hydrogen-bond donors (Lipinski definition) is 2. The van der Waals surface area contributed by atoms with Gasteiger partial charge in [0.15, 0.2) is 5.82 Å². The van der Waals surface area contributed by atoms with E-state index in [2.05, 4.69) is 20.2 Å². The van der Waals surface area contributed by atoms with E-state index < -0.39 is 5.97 Å². The van der Waals surface area contributed by atoms with Crippen LogP contribution < -0.4 is 4.74 Å². The molecule has 0 unspecified atom stereocenters. The van der Waals surface area contributed by atoms with Gasteiger partial charge in [0.25, 0.3) is 0 Å². The summed E-state index contributed by atoms with van der Waals surface area (Å²) >= 11 is 0. The number of nitrogens with zero attached hydrogens (tertiary/aromatic N) is 2. The maximum absolute atomic E-state index is 11.9. The van der Waals surface area contributed by atoms with Crippen LogP contribution in [0, 0.1) is 0 Å². The van der Waals surface area contributed by atoms with Gasteiger partial charge in [-0.25, -0.2) is 9.78 Å². The van der Waals surface area contributed by atoms with E-state index in [0.717, 1.165) is 16.6 Å². The highest BCUT2D eigenvalue weighted by atomic mass is 16.6. The van der Waals surface area contributed by atoms with E-state index in [0.29, 0.717) is 18.1 Å². The van der Waals surface area contributed by atoms with Crippen molar-refractivity contribution in [1.29, 1.82) is 0 Å². The number of aromatic amines is 2. The van der Waals surface area contributed by atoms with Crippen LogP contribution in [0.2, 0.25) is 0 Å². The average Bonchev–Trinajstić information content (AvgIpc) is 3.29. The molecule has 7 nitrogen and oxygen atoms in total. The topological polar surface area (TPSA) is 92.9 Å². The van der Waals surface area contributed by atoms with Gasteiger partial charge >= 0.3 is 5.97 Å². The van der Waals surface area contributed by atoms with Crippen molar-refractivity contribution in [2.24, 2.45) is 0 Å². The number of benzene rings is 2. The normalized spacial score (nSPS) is 10.9. The van der Waals surface area contributed by atoms with Crippen molar-refractivity contribution in [3.05, 3.63) is 66.2 Å². The Balaban J connectivity index is 1.35. The number of carbonyl (C=O) groups is 1. The van der Waals surface area contributed by atoms with E-state index in [4.69, 9.17) is 9.47 Å². The summed E-state index contributed by atoms with van der Waals surface area (Å²) in [6.45, 7) is 0.197. The second-order valence-corrected chi connectivity index (χ2v) is 5.67. The van der Waals surface area contributed by atoms with Crippen molar-refractivity contribution in [3.8, 4) is 17.4 Å². The first kappa shape index (κ1) is 16.0. The van der Waals surface area contributed by atoms with Gasteiger partial charge in [-0.2, -0.15) is 0 Å². The molecule has 7 heteroatoms. The van der Waals surface area contributed by atoms with E-state index in [1.54, 1.807) is 6.07 Å². The molecule has 26 heavy (non-hydrogen) atoms. The predicted molar refractivity (Wildman–Crippen MR) is 95.4 cm³/mol. The molecule has 4 rings (SSSR count). The zero-order chi connectivity index (χ0) is 17.8. The van der Waals surface area contributed by atoms with Crippen molar-refractivity contribution in [3.63, 3.8) is 0 Å². The van der Waals surface area contributed by atoms with Gasteiger partial charge in [-0.05, 0) is 17.7 Å². The molecule has 0 amide bonds. The number of para-hydroxylation sites is 2. The quantitative estimate of drug-likeness (QED) is 0.522. The summed E-state index contributed by atoms with van der Waals surface area (Å²) in [5, 5.41) is 6.79. The Bertz CT molecular complexity index is 990. The molecule has 0 aliphatic carbocycles. The number of nitrogens with one attached hydrogen (secondary N) is 2. The Morgan fingerprint density at radius 2 is 1.85 bits per heavy atom. The van der Waals surface area contributed by atoms with Crippen molar-refractivity contribution in [2.75, 3.05) is 6.61 Å². The van der Waals surface area contributed by atoms with Gasteiger partial charge in [-0.1, -0.05) is 42.5 Å². The SMILES string of the molecule is O=C(COCc1ccccc1)Oc1cc(-c2nc3ccccc3[nH]2)[nH]n1. The predicted octanol–water partition coefficient (Wildman–Crippen LogP) is 3.08. The molecule has 0 saturated heterocycles. The van der Waals surface area contributed by atoms with Crippen LogP contribution in [0.25, 0.3) is 22.6 Å². The first-order valence-corrected chi connectivity index (χ1v) is 8.11. The van der Waals surface area contributed by atoms with Gasteiger partial charge in [-0.15, -0.1) is 5.10 Å². The van der Waals surface area contributed by atoms with Crippen LogP contribution in [0.1, 0.15) is 5.56 Å². The number of esters is 1. The lowest BCUT2D eigenvalue weighted by molar-refractivity contribution is -0.140. The molecule has 0 saturated carbocycles. The second kappa shape index (κ2) is 7.20. The number of hydrogen-bond acceptors (Lipinski definition) is 5. The first-order valence-electron chi connectivity index (χ1n) is 8.11. The van der Waals surface area contributed by atoms with Gasteiger partial charge in [0, 0.05) is 6.07 Å². The third-order valence-corrected chi connectivity index (χ3v) is 3.75. The fourth-order valence-electron chi connectivity index (χ4n) is 2.53. The van der Waals surface area contributed by atoms with Crippen molar-refractivity contribution >= 4 is 17.0 Å². The lowest BCUT2D eigenvalue weighted by atomic mass is 10.2. The molecule has 2 heterocycles. The number of H-pyrrole nitrogens is 2. The highest BCUT2D eigenvalue weighted by Gasteiger charge is 2.12. The number of carbonyl (C=O) groups excluding carboxylic acids is 1. The van der Waals surface area contributed by atoms with Crippen molar-refractivity contribution in [2.45, 2.75) is 6.61 Å². The highest BCUT2D eigenvalue weighted by Crippen LogP contribution is 2.21. The highest BCUT2D eigenvalue weighted by molar-refractivity contribution is 5.79. The summed E-state index contributed by atoms with van der Waals surface area (Å²) in [6, 6.07) is 18.9. The minimum atomic E-state index is -0.511. The summed E-state index contributed by atoms with van der Waals surface area (Å²) in [4.78, 5) is 19.5. The van der Waals surface area contributed by atoms with Gasteiger partial charge < -0.3 is 14.5 Å². The number of aromatic nitrogens is 4. The lowest BCUT2D eigenvalue weighted by Gasteiger charge is -2.03. The number of imidazole rings is 1. The summed E-state index contributed by atoms with van der Waals surface area (Å²) in [7, 11) is 0. The molecule has 0 aliphatic heterocycles. The van der Waals surface area contributed by atoms with Crippen LogP contribution in [0.4, 0.5) is 0 Å². The van der Waals surface area contributed by atoms with Gasteiger partial charge in [0.05, 0.1) is 17.6 Å². The molecular formula is C19H16N4O3. The Labute approximate surface area is 149 Å². The molecule has 4 aromatic rings. The minimum absolute atomic E-state index is 0.151. The number of rotatable bonds is 6. The Kier molecular flexibility index (Phi) is 4.44.